The van der Waals surface area contributed by atoms with Crippen molar-refractivity contribution in [1.82, 2.24) is 0 Å². The second kappa shape index (κ2) is 3.61. The summed E-state index contributed by atoms with van der Waals surface area (Å²) in [5.41, 5.74) is 5.51. The molecule has 0 saturated heterocycles. The van der Waals surface area contributed by atoms with Gasteiger partial charge in [0.1, 0.15) is 0 Å². The Balaban J connectivity index is 0.000000750. The quantitative estimate of drug-likeness (QED) is 0.404. The van der Waals surface area contributed by atoms with E-state index in [9.17, 15) is 0 Å². The van der Waals surface area contributed by atoms with Crippen LogP contribution in [-0.4, -0.2) is 0 Å². The fraction of sp³-hybridized carbons (Fsp3) is 0.0769. The van der Waals surface area contributed by atoms with E-state index in [-0.39, 0.29) is 17.1 Å². The molecule has 0 nitrogen and oxygen atoms in total. The molecule has 0 radical (unpaired) electrons. The molecule has 2 aromatic rings. The standard InChI is InChI=1S/C13H9.Fe/c1-3-7-12-10(5-1)9-11-6-2-4-8-13(11)12;/h1-5,7-8H,9H2;/q-1;. The summed E-state index contributed by atoms with van der Waals surface area (Å²) in [6.45, 7) is 0. The van der Waals surface area contributed by atoms with Crippen LogP contribution in [0.1, 0.15) is 11.1 Å². The number of hydrogen-bond donors (Lipinski definition) is 0. The van der Waals surface area contributed by atoms with Crippen molar-refractivity contribution in [3.05, 3.63) is 59.7 Å². The minimum Gasteiger partial charge on any atom is -0.179 e. The van der Waals surface area contributed by atoms with E-state index in [0.29, 0.717) is 0 Å². The third kappa shape index (κ3) is 1.30. The van der Waals surface area contributed by atoms with Crippen LogP contribution in [0.3, 0.4) is 0 Å². The third-order valence-electron chi connectivity index (χ3n) is 2.62. The average Bonchev–Trinajstić information content (AvgIpc) is 2.56. The van der Waals surface area contributed by atoms with Crippen molar-refractivity contribution in [1.29, 1.82) is 0 Å². The first-order valence-corrected chi connectivity index (χ1v) is 4.53. The van der Waals surface area contributed by atoms with Crippen molar-refractivity contribution in [3.63, 3.8) is 0 Å². The molecule has 0 atom stereocenters. The van der Waals surface area contributed by atoms with Gasteiger partial charge < -0.3 is 0 Å². The zero-order chi connectivity index (χ0) is 8.67. The van der Waals surface area contributed by atoms with E-state index < -0.39 is 0 Å². The molecule has 1 heteroatoms. The summed E-state index contributed by atoms with van der Waals surface area (Å²) in [6.07, 6.45) is 1.05. The second-order valence-electron chi connectivity index (χ2n) is 3.40. The number of rotatable bonds is 0. The summed E-state index contributed by atoms with van der Waals surface area (Å²) < 4.78 is 0. The second-order valence-corrected chi connectivity index (χ2v) is 3.40. The molecule has 1 aliphatic rings. The maximum absolute atomic E-state index is 3.30. The van der Waals surface area contributed by atoms with Gasteiger partial charge in [0.05, 0.1) is 0 Å². The Kier molecular flexibility index (Phi) is 2.45. The van der Waals surface area contributed by atoms with Crippen LogP contribution in [0.15, 0.2) is 42.5 Å². The largest absolute Gasteiger partial charge is 0.179 e. The average molecular weight is 221 g/mol. The summed E-state index contributed by atoms with van der Waals surface area (Å²) >= 11 is 0. The minimum atomic E-state index is 0. The predicted molar refractivity (Wildman–Crippen MR) is 53.5 cm³/mol. The van der Waals surface area contributed by atoms with Gasteiger partial charge in [-0.3, -0.25) is 0 Å². The van der Waals surface area contributed by atoms with Crippen LogP contribution in [0.5, 0.6) is 0 Å². The normalized spacial score (nSPS) is 11.4. The molecule has 0 aromatic heterocycles. The van der Waals surface area contributed by atoms with Gasteiger partial charge in [0.15, 0.2) is 0 Å². The van der Waals surface area contributed by atoms with Gasteiger partial charge in [-0.1, -0.05) is 35.4 Å². The molecule has 2 aromatic carbocycles. The van der Waals surface area contributed by atoms with Crippen molar-refractivity contribution in [2.45, 2.75) is 6.42 Å². The summed E-state index contributed by atoms with van der Waals surface area (Å²) in [5.74, 6) is 0. The molecule has 0 heterocycles. The molecule has 0 aliphatic heterocycles. The van der Waals surface area contributed by atoms with Gasteiger partial charge in [-0.2, -0.15) is 29.8 Å². The summed E-state index contributed by atoms with van der Waals surface area (Å²) in [4.78, 5) is 0. The summed E-state index contributed by atoms with van der Waals surface area (Å²) in [6, 6.07) is 18.1. The van der Waals surface area contributed by atoms with Gasteiger partial charge in [0, 0.05) is 17.1 Å². The zero-order valence-corrected chi connectivity index (χ0v) is 8.71. The fourth-order valence-electron chi connectivity index (χ4n) is 2.00. The van der Waals surface area contributed by atoms with Crippen LogP contribution in [0.25, 0.3) is 11.1 Å². The van der Waals surface area contributed by atoms with Gasteiger partial charge in [-0.25, -0.2) is 0 Å². The molecule has 14 heavy (non-hydrogen) atoms. The Morgan fingerprint density at radius 2 is 1.71 bits per heavy atom. The van der Waals surface area contributed by atoms with Crippen LogP contribution in [0.2, 0.25) is 0 Å². The topological polar surface area (TPSA) is 0 Å². The van der Waals surface area contributed by atoms with E-state index >= 15 is 0 Å². The Morgan fingerprint density at radius 3 is 2.64 bits per heavy atom. The van der Waals surface area contributed by atoms with E-state index in [4.69, 9.17) is 0 Å². The SMILES string of the molecule is [Fe].[c-]1cccc2c1Cc1ccccc1-2. The smallest absolute Gasteiger partial charge is 0 e. The Hall–Kier alpha value is -1.04. The first-order chi connectivity index (χ1) is 6.45. The number of hydrogen-bond acceptors (Lipinski definition) is 0. The maximum Gasteiger partial charge on any atom is 0 e. The van der Waals surface area contributed by atoms with E-state index in [1.807, 2.05) is 6.07 Å². The molecule has 0 N–H and O–H groups in total. The van der Waals surface area contributed by atoms with Crippen molar-refractivity contribution in [3.8, 4) is 11.1 Å². The van der Waals surface area contributed by atoms with Gasteiger partial charge >= 0.3 is 0 Å². The minimum absolute atomic E-state index is 0. The molecule has 0 spiro atoms. The predicted octanol–water partition coefficient (Wildman–Crippen LogP) is 3.06. The van der Waals surface area contributed by atoms with Gasteiger partial charge in [0.2, 0.25) is 0 Å². The molecular formula is C13H9Fe-. The van der Waals surface area contributed by atoms with Crippen LogP contribution in [-0.2, 0) is 23.5 Å². The Bertz CT molecular complexity index is 417. The first-order valence-electron chi connectivity index (χ1n) is 4.53. The van der Waals surface area contributed by atoms with E-state index in [0.717, 1.165) is 6.42 Å². The summed E-state index contributed by atoms with van der Waals surface area (Å²) in [5, 5.41) is 0. The molecule has 3 rings (SSSR count). The van der Waals surface area contributed by atoms with E-state index in [1.54, 1.807) is 0 Å². The van der Waals surface area contributed by atoms with Crippen molar-refractivity contribution >= 4 is 0 Å². The summed E-state index contributed by atoms with van der Waals surface area (Å²) in [7, 11) is 0. The first kappa shape index (κ1) is 9.51. The van der Waals surface area contributed by atoms with Crippen LogP contribution in [0, 0.1) is 6.07 Å². The van der Waals surface area contributed by atoms with E-state index in [1.165, 1.54) is 22.3 Å². The molecule has 0 saturated carbocycles. The number of benzene rings is 2. The molecular weight excluding hydrogens is 212 g/mol. The van der Waals surface area contributed by atoms with Crippen molar-refractivity contribution in [2.24, 2.45) is 0 Å². The van der Waals surface area contributed by atoms with Crippen LogP contribution >= 0.6 is 0 Å². The zero-order valence-electron chi connectivity index (χ0n) is 7.60. The van der Waals surface area contributed by atoms with E-state index in [2.05, 4.69) is 42.5 Å². The van der Waals surface area contributed by atoms with Gasteiger partial charge in [-0.15, -0.1) is 5.56 Å². The molecule has 0 bridgehead atoms. The molecule has 1 aliphatic carbocycles. The van der Waals surface area contributed by atoms with Gasteiger partial charge in [-0.05, 0) is 6.42 Å². The maximum atomic E-state index is 3.30. The van der Waals surface area contributed by atoms with Crippen molar-refractivity contribution in [2.75, 3.05) is 0 Å². The molecule has 0 unspecified atom stereocenters. The Labute approximate surface area is 94.4 Å². The van der Waals surface area contributed by atoms with Crippen LogP contribution in [0.4, 0.5) is 0 Å². The molecule has 0 amide bonds. The monoisotopic (exact) mass is 221 g/mol. The van der Waals surface area contributed by atoms with Crippen LogP contribution < -0.4 is 0 Å². The fourth-order valence-corrected chi connectivity index (χ4v) is 2.00. The van der Waals surface area contributed by atoms with Gasteiger partial charge in [0.25, 0.3) is 0 Å². The number of fused-ring (bicyclic) bond motifs is 3. The van der Waals surface area contributed by atoms with Crippen molar-refractivity contribution < 1.29 is 17.1 Å². The molecule has 0 fully saturated rings. The molecule has 70 valence electrons. The third-order valence-corrected chi connectivity index (χ3v) is 2.62. The Morgan fingerprint density at radius 1 is 0.929 bits per heavy atom.